The van der Waals surface area contributed by atoms with Crippen LogP contribution in [0.3, 0.4) is 0 Å². The van der Waals surface area contributed by atoms with Crippen LogP contribution in [0.15, 0.2) is 47.1 Å². The van der Waals surface area contributed by atoms with Gasteiger partial charge >= 0.3 is 5.97 Å². The SMILES string of the molecule is O=C(Oc1c[c]ncc1Br)c1ccccc1. The van der Waals surface area contributed by atoms with Gasteiger partial charge in [0, 0.05) is 12.3 Å². The number of carbonyl (C=O) groups is 1. The normalized spacial score (nSPS) is 9.81. The first-order valence-electron chi connectivity index (χ1n) is 4.56. The van der Waals surface area contributed by atoms with E-state index in [1.807, 2.05) is 6.07 Å². The summed E-state index contributed by atoms with van der Waals surface area (Å²) in [5.74, 6) is 0.00440. The number of nitrogens with zero attached hydrogens (tertiary/aromatic N) is 1. The van der Waals surface area contributed by atoms with Crippen LogP contribution in [0, 0.1) is 6.20 Å². The van der Waals surface area contributed by atoms with E-state index < -0.39 is 5.97 Å². The predicted octanol–water partition coefficient (Wildman–Crippen LogP) is 2.86. The van der Waals surface area contributed by atoms with Gasteiger partial charge in [0.1, 0.15) is 5.75 Å². The van der Waals surface area contributed by atoms with Gasteiger partial charge in [-0.25, -0.2) is 4.79 Å². The fourth-order valence-electron chi connectivity index (χ4n) is 1.13. The summed E-state index contributed by atoms with van der Waals surface area (Å²) in [6, 6.07) is 10.3. The lowest BCUT2D eigenvalue weighted by molar-refractivity contribution is 0.0733. The van der Waals surface area contributed by atoms with Crippen molar-refractivity contribution >= 4 is 21.9 Å². The molecule has 0 bridgehead atoms. The first-order valence-corrected chi connectivity index (χ1v) is 5.35. The molecule has 1 aromatic carbocycles. The molecule has 0 unspecified atom stereocenters. The van der Waals surface area contributed by atoms with E-state index in [2.05, 4.69) is 27.1 Å². The van der Waals surface area contributed by atoms with Gasteiger partial charge in [-0.2, -0.15) is 0 Å². The number of ether oxygens (including phenoxy) is 1. The summed E-state index contributed by atoms with van der Waals surface area (Å²) >= 11 is 3.24. The van der Waals surface area contributed by atoms with Gasteiger partial charge in [-0.05, 0) is 28.1 Å². The Morgan fingerprint density at radius 2 is 2.06 bits per heavy atom. The summed E-state index contributed by atoms with van der Waals surface area (Å²) in [6.45, 7) is 0. The molecule has 2 aromatic rings. The topological polar surface area (TPSA) is 39.2 Å². The van der Waals surface area contributed by atoms with E-state index >= 15 is 0 Å². The Kier molecular flexibility index (Phi) is 3.31. The van der Waals surface area contributed by atoms with Gasteiger partial charge < -0.3 is 4.74 Å². The fourth-order valence-corrected chi connectivity index (χ4v) is 1.43. The molecule has 1 heterocycles. The molecule has 0 amide bonds. The smallest absolute Gasteiger partial charge is 0.343 e. The zero-order valence-corrected chi connectivity index (χ0v) is 9.77. The minimum Gasteiger partial charge on any atom is -0.422 e. The largest absolute Gasteiger partial charge is 0.422 e. The quantitative estimate of drug-likeness (QED) is 0.792. The number of benzene rings is 1. The second kappa shape index (κ2) is 4.90. The van der Waals surface area contributed by atoms with Crippen LogP contribution in [-0.4, -0.2) is 11.0 Å². The average Bonchev–Trinajstić information content (AvgIpc) is 2.33. The van der Waals surface area contributed by atoms with Gasteiger partial charge in [0.15, 0.2) is 0 Å². The molecule has 4 heteroatoms. The van der Waals surface area contributed by atoms with E-state index in [9.17, 15) is 4.79 Å². The summed E-state index contributed by atoms with van der Waals surface area (Å²) < 4.78 is 5.80. The van der Waals surface area contributed by atoms with Crippen molar-refractivity contribution in [2.45, 2.75) is 0 Å². The average molecular weight is 277 g/mol. The van der Waals surface area contributed by atoms with E-state index in [0.29, 0.717) is 15.8 Å². The van der Waals surface area contributed by atoms with Gasteiger partial charge in [-0.15, -0.1) is 0 Å². The Morgan fingerprint density at radius 1 is 1.31 bits per heavy atom. The monoisotopic (exact) mass is 276 g/mol. The van der Waals surface area contributed by atoms with Crippen molar-refractivity contribution < 1.29 is 9.53 Å². The number of hydrogen-bond acceptors (Lipinski definition) is 3. The molecule has 2 rings (SSSR count). The molecule has 0 aliphatic carbocycles. The molecule has 0 aliphatic rings. The first-order chi connectivity index (χ1) is 7.77. The maximum Gasteiger partial charge on any atom is 0.343 e. The molecule has 0 N–H and O–H groups in total. The Balaban J connectivity index is 2.18. The molecular formula is C12H7BrNO2. The van der Waals surface area contributed by atoms with Crippen LogP contribution in [-0.2, 0) is 0 Å². The first kappa shape index (κ1) is 10.8. The summed E-state index contributed by atoms with van der Waals surface area (Å²) in [5, 5.41) is 0. The van der Waals surface area contributed by atoms with E-state index in [-0.39, 0.29) is 0 Å². The van der Waals surface area contributed by atoms with Crippen LogP contribution in [0.1, 0.15) is 10.4 Å². The van der Waals surface area contributed by atoms with Crippen molar-refractivity contribution in [1.82, 2.24) is 4.98 Å². The second-order valence-electron chi connectivity index (χ2n) is 3.00. The molecule has 0 fully saturated rings. The predicted molar refractivity (Wildman–Crippen MR) is 62.2 cm³/mol. The van der Waals surface area contributed by atoms with Crippen LogP contribution in [0.4, 0.5) is 0 Å². The summed E-state index contributed by atoms with van der Waals surface area (Å²) in [6.07, 6.45) is 4.12. The lowest BCUT2D eigenvalue weighted by Crippen LogP contribution is -2.08. The molecule has 1 aromatic heterocycles. The third-order valence-electron chi connectivity index (χ3n) is 1.90. The number of rotatable bonds is 2. The molecule has 1 radical (unpaired) electrons. The van der Waals surface area contributed by atoms with Crippen LogP contribution in [0.5, 0.6) is 5.75 Å². The minimum atomic E-state index is -0.402. The highest BCUT2D eigenvalue weighted by atomic mass is 79.9. The Morgan fingerprint density at radius 3 is 2.75 bits per heavy atom. The third kappa shape index (κ3) is 2.46. The number of aromatic nitrogens is 1. The summed E-state index contributed by atoms with van der Waals surface area (Å²) in [7, 11) is 0. The van der Waals surface area contributed by atoms with E-state index in [4.69, 9.17) is 4.74 Å². The summed E-state index contributed by atoms with van der Waals surface area (Å²) in [4.78, 5) is 15.5. The molecule has 3 nitrogen and oxygen atoms in total. The van der Waals surface area contributed by atoms with E-state index in [1.54, 1.807) is 24.3 Å². The Bertz CT molecular complexity index is 499. The number of esters is 1. The number of pyridine rings is 1. The van der Waals surface area contributed by atoms with Crippen LogP contribution >= 0.6 is 15.9 Å². The maximum absolute atomic E-state index is 11.7. The molecule has 0 aliphatic heterocycles. The number of halogens is 1. The lowest BCUT2D eigenvalue weighted by atomic mass is 10.2. The standard InChI is InChI=1S/C12H7BrNO2/c13-10-8-14-7-6-11(10)16-12(15)9-4-2-1-3-5-9/h1-6,8H. The van der Waals surface area contributed by atoms with Gasteiger partial charge in [0.05, 0.1) is 16.2 Å². The Labute approximate surface area is 101 Å². The molecule has 0 spiro atoms. The second-order valence-corrected chi connectivity index (χ2v) is 3.85. The minimum absolute atomic E-state index is 0.402. The van der Waals surface area contributed by atoms with Crippen molar-refractivity contribution in [3.05, 3.63) is 58.8 Å². The summed E-state index contributed by atoms with van der Waals surface area (Å²) in [5.41, 5.74) is 0.506. The van der Waals surface area contributed by atoms with Crippen molar-refractivity contribution in [2.24, 2.45) is 0 Å². The highest BCUT2D eigenvalue weighted by Crippen LogP contribution is 2.23. The molecule has 0 saturated carbocycles. The van der Waals surface area contributed by atoms with Crippen molar-refractivity contribution in [1.29, 1.82) is 0 Å². The number of carbonyl (C=O) groups excluding carboxylic acids is 1. The fraction of sp³-hybridized carbons (Fsp3) is 0. The van der Waals surface area contributed by atoms with Crippen LogP contribution in [0.2, 0.25) is 0 Å². The molecule has 79 valence electrons. The van der Waals surface area contributed by atoms with Crippen molar-refractivity contribution in [2.75, 3.05) is 0 Å². The maximum atomic E-state index is 11.7. The Hall–Kier alpha value is -1.68. The van der Waals surface area contributed by atoms with Gasteiger partial charge in [-0.1, -0.05) is 18.2 Å². The lowest BCUT2D eigenvalue weighted by Gasteiger charge is -2.04. The molecule has 16 heavy (non-hydrogen) atoms. The zero-order chi connectivity index (χ0) is 11.4. The zero-order valence-electron chi connectivity index (χ0n) is 8.18. The molecular weight excluding hydrogens is 270 g/mol. The van der Waals surface area contributed by atoms with Gasteiger partial charge in [-0.3, -0.25) is 4.98 Å². The third-order valence-corrected chi connectivity index (χ3v) is 2.49. The molecule has 0 saturated heterocycles. The highest BCUT2D eigenvalue weighted by Gasteiger charge is 2.09. The number of hydrogen-bond donors (Lipinski definition) is 0. The highest BCUT2D eigenvalue weighted by molar-refractivity contribution is 9.10. The van der Waals surface area contributed by atoms with Crippen molar-refractivity contribution in [3.8, 4) is 5.75 Å². The van der Waals surface area contributed by atoms with Gasteiger partial charge in [0.25, 0.3) is 0 Å². The van der Waals surface area contributed by atoms with Crippen LogP contribution in [0.25, 0.3) is 0 Å². The van der Waals surface area contributed by atoms with Crippen molar-refractivity contribution in [3.63, 3.8) is 0 Å². The van der Waals surface area contributed by atoms with E-state index in [1.165, 1.54) is 12.3 Å². The van der Waals surface area contributed by atoms with E-state index in [0.717, 1.165) is 0 Å². The van der Waals surface area contributed by atoms with Crippen LogP contribution < -0.4 is 4.74 Å². The van der Waals surface area contributed by atoms with Gasteiger partial charge in [0.2, 0.25) is 0 Å². The molecule has 0 atom stereocenters.